The third kappa shape index (κ3) is 6.19. The van der Waals surface area contributed by atoms with Gasteiger partial charge in [0.15, 0.2) is 0 Å². The van der Waals surface area contributed by atoms with Crippen LogP contribution < -0.4 is 5.32 Å². The highest BCUT2D eigenvalue weighted by Crippen LogP contribution is 2.24. The second-order valence-electron chi connectivity index (χ2n) is 8.66. The Morgan fingerprint density at radius 2 is 2.03 bits per heavy atom. The molecule has 1 aliphatic heterocycles. The van der Waals surface area contributed by atoms with Crippen LogP contribution in [0.5, 0.6) is 0 Å². The first kappa shape index (κ1) is 22.1. The summed E-state index contributed by atoms with van der Waals surface area (Å²) in [5.74, 6) is 0.231. The molecule has 1 aliphatic rings. The lowest BCUT2D eigenvalue weighted by Crippen LogP contribution is -2.46. The zero-order chi connectivity index (χ0) is 21.7. The van der Waals surface area contributed by atoms with Gasteiger partial charge in [-0.3, -0.25) is 0 Å². The number of carbonyl (C=O) groups is 2. The number of nitrogens with zero attached hydrogens (tertiary/aromatic N) is 3. The van der Waals surface area contributed by atoms with Crippen molar-refractivity contribution in [2.45, 2.75) is 39.2 Å². The third-order valence-electron chi connectivity index (χ3n) is 4.86. The van der Waals surface area contributed by atoms with E-state index in [1.807, 2.05) is 55.3 Å². The molecule has 0 radical (unpaired) electrons. The van der Waals surface area contributed by atoms with Gasteiger partial charge in [-0.2, -0.15) is 0 Å². The monoisotopic (exact) mass is 430 g/mol. The molecule has 1 saturated heterocycles. The SMILES string of the molecule is CN(CC1CCCN(C(=O)Nc2ccc(-c3nccs3)cc2)C1)C(=O)OC(C)(C)C. The summed E-state index contributed by atoms with van der Waals surface area (Å²) < 4.78 is 5.42. The number of likely N-dealkylation sites (tertiary alicyclic amines) is 1. The molecule has 1 N–H and O–H groups in total. The number of carbonyl (C=O) groups excluding carboxylic acids is 2. The minimum Gasteiger partial charge on any atom is -0.444 e. The second kappa shape index (κ2) is 9.47. The third-order valence-corrected chi connectivity index (χ3v) is 5.68. The lowest BCUT2D eigenvalue weighted by Gasteiger charge is -2.35. The van der Waals surface area contributed by atoms with E-state index < -0.39 is 5.60 Å². The van der Waals surface area contributed by atoms with Crippen molar-refractivity contribution in [2.75, 3.05) is 32.0 Å². The van der Waals surface area contributed by atoms with Crippen molar-refractivity contribution in [1.82, 2.24) is 14.8 Å². The number of ether oxygens (including phenoxy) is 1. The van der Waals surface area contributed by atoms with Gasteiger partial charge in [0, 0.05) is 49.5 Å². The molecule has 2 aromatic rings. The van der Waals surface area contributed by atoms with E-state index in [2.05, 4.69) is 10.3 Å². The zero-order valence-corrected chi connectivity index (χ0v) is 18.9. The fourth-order valence-electron chi connectivity index (χ4n) is 3.46. The maximum atomic E-state index is 12.7. The summed E-state index contributed by atoms with van der Waals surface area (Å²) >= 11 is 1.58. The Hall–Kier alpha value is -2.61. The van der Waals surface area contributed by atoms with Crippen LogP contribution in [0.1, 0.15) is 33.6 Å². The quantitative estimate of drug-likeness (QED) is 0.747. The molecule has 1 aromatic carbocycles. The van der Waals surface area contributed by atoms with Gasteiger partial charge in [0.25, 0.3) is 0 Å². The van der Waals surface area contributed by atoms with Crippen LogP contribution in [0.15, 0.2) is 35.8 Å². The summed E-state index contributed by atoms with van der Waals surface area (Å²) in [4.78, 5) is 32.7. The summed E-state index contributed by atoms with van der Waals surface area (Å²) in [6.07, 6.45) is 3.36. The number of piperidine rings is 1. The molecule has 0 spiro atoms. The van der Waals surface area contributed by atoms with Crippen LogP contribution in [0.3, 0.4) is 0 Å². The van der Waals surface area contributed by atoms with E-state index in [0.717, 1.165) is 35.6 Å². The number of anilines is 1. The molecule has 162 valence electrons. The summed E-state index contributed by atoms with van der Waals surface area (Å²) in [6.45, 7) is 7.48. The van der Waals surface area contributed by atoms with Crippen LogP contribution in [-0.4, -0.2) is 59.2 Å². The fourth-order valence-corrected chi connectivity index (χ4v) is 4.11. The predicted octanol–water partition coefficient (Wildman–Crippen LogP) is 4.92. The Balaban J connectivity index is 1.52. The van der Waals surface area contributed by atoms with Gasteiger partial charge in [-0.15, -0.1) is 11.3 Å². The molecular formula is C22H30N4O3S. The van der Waals surface area contributed by atoms with Gasteiger partial charge in [-0.05, 0) is 63.8 Å². The van der Waals surface area contributed by atoms with E-state index in [0.29, 0.717) is 13.1 Å². The molecular weight excluding hydrogens is 400 g/mol. The standard InChI is InChI=1S/C22H30N4O3S/c1-22(2,3)29-21(28)25(4)14-16-6-5-12-26(15-16)20(27)24-18-9-7-17(8-10-18)19-23-11-13-30-19/h7-11,13,16H,5-6,12,14-15H2,1-4H3,(H,24,27). The van der Waals surface area contributed by atoms with Crippen LogP contribution in [0, 0.1) is 5.92 Å². The summed E-state index contributed by atoms with van der Waals surface area (Å²) in [6, 6.07) is 7.60. The van der Waals surface area contributed by atoms with E-state index in [4.69, 9.17) is 4.74 Å². The van der Waals surface area contributed by atoms with Gasteiger partial charge in [0.1, 0.15) is 10.6 Å². The maximum absolute atomic E-state index is 12.7. The normalized spacial score (nSPS) is 16.8. The Bertz CT molecular complexity index is 846. The molecule has 0 aliphatic carbocycles. The molecule has 3 amide bonds. The van der Waals surface area contributed by atoms with Gasteiger partial charge < -0.3 is 19.9 Å². The van der Waals surface area contributed by atoms with Crippen molar-refractivity contribution < 1.29 is 14.3 Å². The minimum atomic E-state index is -0.515. The number of urea groups is 1. The number of hydrogen-bond acceptors (Lipinski definition) is 5. The number of rotatable bonds is 4. The molecule has 1 fully saturated rings. The molecule has 1 atom stereocenters. The second-order valence-corrected chi connectivity index (χ2v) is 9.55. The number of benzene rings is 1. The number of hydrogen-bond donors (Lipinski definition) is 1. The van der Waals surface area contributed by atoms with E-state index in [1.54, 1.807) is 29.5 Å². The molecule has 7 nitrogen and oxygen atoms in total. The highest BCUT2D eigenvalue weighted by molar-refractivity contribution is 7.13. The van der Waals surface area contributed by atoms with Crippen LogP contribution in [0.2, 0.25) is 0 Å². The van der Waals surface area contributed by atoms with Crippen molar-refractivity contribution in [2.24, 2.45) is 5.92 Å². The fraction of sp³-hybridized carbons (Fsp3) is 0.500. The Labute approximate surface area is 182 Å². The first-order valence-electron chi connectivity index (χ1n) is 10.2. The Kier molecular flexibility index (Phi) is 6.97. The summed E-state index contributed by atoms with van der Waals surface area (Å²) in [5, 5.41) is 5.88. The van der Waals surface area contributed by atoms with E-state index >= 15 is 0 Å². The Morgan fingerprint density at radius 1 is 1.30 bits per heavy atom. The Morgan fingerprint density at radius 3 is 2.67 bits per heavy atom. The van der Waals surface area contributed by atoms with Gasteiger partial charge in [0.2, 0.25) is 0 Å². The van der Waals surface area contributed by atoms with Crippen LogP contribution in [-0.2, 0) is 4.74 Å². The maximum Gasteiger partial charge on any atom is 0.410 e. The van der Waals surface area contributed by atoms with Crippen molar-refractivity contribution >= 4 is 29.1 Å². The van der Waals surface area contributed by atoms with Crippen LogP contribution in [0.4, 0.5) is 15.3 Å². The predicted molar refractivity (Wildman–Crippen MR) is 120 cm³/mol. The average Bonchev–Trinajstić information content (AvgIpc) is 3.22. The molecule has 3 rings (SSSR count). The van der Waals surface area contributed by atoms with E-state index in [1.165, 1.54) is 0 Å². The highest BCUT2D eigenvalue weighted by atomic mass is 32.1. The zero-order valence-electron chi connectivity index (χ0n) is 18.1. The molecule has 0 bridgehead atoms. The largest absolute Gasteiger partial charge is 0.444 e. The first-order valence-corrected chi connectivity index (χ1v) is 11.1. The number of thiazole rings is 1. The topological polar surface area (TPSA) is 74.8 Å². The summed E-state index contributed by atoms with van der Waals surface area (Å²) in [7, 11) is 1.75. The van der Waals surface area contributed by atoms with E-state index in [-0.39, 0.29) is 18.0 Å². The molecule has 8 heteroatoms. The highest BCUT2D eigenvalue weighted by Gasteiger charge is 2.27. The van der Waals surface area contributed by atoms with Crippen molar-refractivity contribution in [3.63, 3.8) is 0 Å². The first-order chi connectivity index (χ1) is 14.2. The molecule has 2 heterocycles. The van der Waals surface area contributed by atoms with Gasteiger partial charge in [0.05, 0.1) is 0 Å². The number of amides is 3. The van der Waals surface area contributed by atoms with Crippen molar-refractivity contribution in [3.8, 4) is 10.6 Å². The van der Waals surface area contributed by atoms with Gasteiger partial charge in [-0.25, -0.2) is 14.6 Å². The smallest absolute Gasteiger partial charge is 0.410 e. The summed E-state index contributed by atoms with van der Waals surface area (Å²) in [5.41, 5.74) is 1.28. The molecule has 1 unspecified atom stereocenters. The van der Waals surface area contributed by atoms with E-state index in [9.17, 15) is 9.59 Å². The van der Waals surface area contributed by atoms with Crippen LogP contribution in [0.25, 0.3) is 10.6 Å². The van der Waals surface area contributed by atoms with Crippen LogP contribution >= 0.6 is 11.3 Å². The molecule has 30 heavy (non-hydrogen) atoms. The lowest BCUT2D eigenvalue weighted by atomic mass is 9.98. The van der Waals surface area contributed by atoms with Crippen molar-refractivity contribution in [1.29, 1.82) is 0 Å². The lowest BCUT2D eigenvalue weighted by molar-refractivity contribution is 0.0253. The average molecular weight is 431 g/mol. The number of aromatic nitrogens is 1. The van der Waals surface area contributed by atoms with Crippen molar-refractivity contribution in [3.05, 3.63) is 35.8 Å². The van der Waals surface area contributed by atoms with Gasteiger partial charge in [-0.1, -0.05) is 0 Å². The van der Waals surface area contributed by atoms with Gasteiger partial charge >= 0.3 is 12.1 Å². The molecule has 0 saturated carbocycles. The minimum absolute atomic E-state index is 0.110. The number of nitrogens with one attached hydrogen (secondary N) is 1. The molecule has 1 aromatic heterocycles.